The highest BCUT2D eigenvalue weighted by molar-refractivity contribution is 7.07. The molecule has 0 radical (unpaired) electrons. The molecule has 3 N–H and O–H groups in total. The van der Waals surface area contributed by atoms with Crippen LogP contribution in [0.5, 0.6) is 0 Å². The van der Waals surface area contributed by atoms with Crippen LogP contribution < -0.4 is 5.73 Å². The van der Waals surface area contributed by atoms with E-state index in [1.807, 2.05) is 16.8 Å². The van der Waals surface area contributed by atoms with E-state index in [-0.39, 0.29) is 6.54 Å². The zero-order valence-electron chi connectivity index (χ0n) is 10.9. The normalized spacial score (nSPS) is 13.9. The largest absolute Gasteiger partial charge is 0.481 e. The highest BCUT2D eigenvalue weighted by atomic mass is 32.1. The molecule has 0 amide bonds. The van der Waals surface area contributed by atoms with Gasteiger partial charge < -0.3 is 10.8 Å². The van der Waals surface area contributed by atoms with Crippen LogP contribution in [-0.4, -0.2) is 17.6 Å². The van der Waals surface area contributed by atoms with Gasteiger partial charge in [0.05, 0.1) is 0 Å². The van der Waals surface area contributed by atoms with Gasteiger partial charge in [-0.25, -0.2) is 4.39 Å². The number of carboxylic acid groups (broad SMARTS) is 1. The number of rotatable bonds is 6. The molecule has 0 fully saturated rings. The second kappa shape index (κ2) is 6.15. The second-order valence-corrected chi connectivity index (χ2v) is 5.51. The third kappa shape index (κ3) is 2.89. The van der Waals surface area contributed by atoms with Crippen molar-refractivity contribution in [2.24, 2.45) is 5.73 Å². The molecule has 0 saturated heterocycles. The fraction of sp³-hybridized carbons (Fsp3) is 0.267. The van der Waals surface area contributed by atoms with E-state index >= 15 is 0 Å². The van der Waals surface area contributed by atoms with Crippen LogP contribution in [0.3, 0.4) is 0 Å². The van der Waals surface area contributed by atoms with Gasteiger partial charge in [0, 0.05) is 6.54 Å². The summed E-state index contributed by atoms with van der Waals surface area (Å²) in [6, 6.07) is 7.65. The van der Waals surface area contributed by atoms with E-state index in [1.165, 1.54) is 18.2 Å². The lowest BCUT2D eigenvalue weighted by Gasteiger charge is -2.28. The topological polar surface area (TPSA) is 63.3 Å². The number of hydrogen-bond acceptors (Lipinski definition) is 3. The Bertz CT molecular complexity index is 585. The molecule has 1 aromatic carbocycles. The number of aliphatic carboxylic acids is 1. The maximum absolute atomic E-state index is 13.4. The van der Waals surface area contributed by atoms with Gasteiger partial charge in [-0.05, 0) is 52.9 Å². The van der Waals surface area contributed by atoms with Crippen LogP contribution in [-0.2, 0) is 16.6 Å². The molecule has 0 spiro atoms. The Labute approximate surface area is 120 Å². The summed E-state index contributed by atoms with van der Waals surface area (Å²) in [6.07, 6.45) is 0.947. The van der Waals surface area contributed by atoms with Crippen molar-refractivity contribution >= 4 is 17.3 Å². The molecule has 0 aliphatic heterocycles. The minimum atomic E-state index is -1.25. The van der Waals surface area contributed by atoms with Gasteiger partial charge in [-0.1, -0.05) is 12.1 Å². The molecule has 2 rings (SSSR count). The van der Waals surface area contributed by atoms with Crippen molar-refractivity contribution in [1.29, 1.82) is 0 Å². The second-order valence-electron chi connectivity index (χ2n) is 4.73. The van der Waals surface area contributed by atoms with Crippen LogP contribution in [0.1, 0.15) is 17.5 Å². The Morgan fingerprint density at radius 2 is 2.20 bits per heavy atom. The molecule has 20 heavy (non-hydrogen) atoms. The van der Waals surface area contributed by atoms with Crippen LogP contribution in [0.25, 0.3) is 0 Å². The standard InChI is InChI=1S/C15H16FNO2S/c16-13-3-1-2-12(8-13)15(10-17,14(18)19)6-4-11-5-7-20-9-11/h1-3,5,7-9H,4,6,10,17H2,(H,18,19). The minimum absolute atomic E-state index is 0.0596. The molecular formula is C15H16FNO2S. The minimum Gasteiger partial charge on any atom is -0.481 e. The van der Waals surface area contributed by atoms with Crippen molar-refractivity contribution in [3.63, 3.8) is 0 Å². The number of benzene rings is 1. The van der Waals surface area contributed by atoms with E-state index in [0.717, 1.165) is 5.56 Å². The summed E-state index contributed by atoms with van der Waals surface area (Å²) in [4.78, 5) is 11.7. The predicted molar refractivity (Wildman–Crippen MR) is 77.4 cm³/mol. The highest BCUT2D eigenvalue weighted by Crippen LogP contribution is 2.30. The van der Waals surface area contributed by atoms with E-state index < -0.39 is 17.2 Å². The molecule has 1 unspecified atom stereocenters. The summed E-state index contributed by atoms with van der Waals surface area (Å²) in [6.45, 7) is -0.0596. The summed E-state index contributed by atoms with van der Waals surface area (Å²) in [5, 5.41) is 13.5. The molecule has 0 saturated carbocycles. The SMILES string of the molecule is NCC(CCc1ccsc1)(C(=O)O)c1cccc(F)c1. The first-order chi connectivity index (χ1) is 9.58. The zero-order chi connectivity index (χ0) is 14.6. The zero-order valence-corrected chi connectivity index (χ0v) is 11.7. The maximum Gasteiger partial charge on any atom is 0.315 e. The summed E-state index contributed by atoms with van der Waals surface area (Å²) in [5.41, 5.74) is 5.98. The van der Waals surface area contributed by atoms with E-state index in [4.69, 9.17) is 5.73 Å². The molecule has 0 bridgehead atoms. The van der Waals surface area contributed by atoms with Crippen molar-refractivity contribution in [3.8, 4) is 0 Å². The van der Waals surface area contributed by atoms with Gasteiger partial charge in [0.2, 0.25) is 0 Å². The molecule has 1 aromatic heterocycles. The first-order valence-corrected chi connectivity index (χ1v) is 7.23. The molecule has 106 valence electrons. The van der Waals surface area contributed by atoms with E-state index in [1.54, 1.807) is 17.4 Å². The van der Waals surface area contributed by atoms with Gasteiger partial charge in [-0.15, -0.1) is 0 Å². The van der Waals surface area contributed by atoms with Gasteiger partial charge in [0.1, 0.15) is 11.2 Å². The Kier molecular flexibility index (Phi) is 4.52. The highest BCUT2D eigenvalue weighted by Gasteiger charge is 2.39. The van der Waals surface area contributed by atoms with Crippen molar-refractivity contribution in [2.45, 2.75) is 18.3 Å². The number of carboxylic acids is 1. The monoisotopic (exact) mass is 293 g/mol. The van der Waals surface area contributed by atoms with Crippen LogP contribution in [0.2, 0.25) is 0 Å². The number of aryl methyl sites for hydroxylation is 1. The lowest BCUT2D eigenvalue weighted by atomic mass is 9.76. The average Bonchev–Trinajstić information content (AvgIpc) is 2.93. The molecule has 0 aliphatic carbocycles. The lowest BCUT2D eigenvalue weighted by Crippen LogP contribution is -2.43. The van der Waals surface area contributed by atoms with E-state index in [9.17, 15) is 14.3 Å². The maximum atomic E-state index is 13.4. The molecule has 2 aromatic rings. The molecule has 1 heterocycles. The quantitative estimate of drug-likeness (QED) is 0.861. The van der Waals surface area contributed by atoms with E-state index in [0.29, 0.717) is 18.4 Å². The number of halogens is 1. The van der Waals surface area contributed by atoms with Crippen molar-refractivity contribution in [2.75, 3.05) is 6.54 Å². The summed E-state index contributed by atoms with van der Waals surface area (Å²) < 4.78 is 13.4. The van der Waals surface area contributed by atoms with Crippen LogP contribution in [0.15, 0.2) is 41.1 Å². The Hall–Kier alpha value is -1.72. The van der Waals surface area contributed by atoms with Crippen molar-refractivity contribution in [3.05, 3.63) is 58.0 Å². The Morgan fingerprint density at radius 3 is 2.75 bits per heavy atom. The van der Waals surface area contributed by atoms with Gasteiger partial charge in [-0.3, -0.25) is 4.79 Å². The summed E-state index contributed by atoms with van der Waals surface area (Å²) in [5.74, 6) is -1.46. The third-order valence-corrected chi connectivity index (χ3v) is 4.29. The Morgan fingerprint density at radius 1 is 1.40 bits per heavy atom. The van der Waals surface area contributed by atoms with E-state index in [2.05, 4.69) is 0 Å². The Balaban J connectivity index is 2.32. The molecule has 1 atom stereocenters. The first kappa shape index (κ1) is 14.7. The number of thiophene rings is 1. The lowest BCUT2D eigenvalue weighted by molar-refractivity contribution is -0.143. The number of hydrogen-bond donors (Lipinski definition) is 2. The fourth-order valence-electron chi connectivity index (χ4n) is 2.26. The van der Waals surface area contributed by atoms with Gasteiger partial charge in [-0.2, -0.15) is 11.3 Å². The van der Waals surface area contributed by atoms with Crippen LogP contribution in [0.4, 0.5) is 4.39 Å². The average molecular weight is 293 g/mol. The number of nitrogens with two attached hydrogens (primary N) is 1. The predicted octanol–water partition coefficient (Wildman–Crippen LogP) is 2.80. The number of carbonyl (C=O) groups is 1. The molecule has 5 heteroatoms. The van der Waals surface area contributed by atoms with Crippen LogP contribution >= 0.6 is 11.3 Å². The molecular weight excluding hydrogens is 277 g/mol. The van der Waals surface area contributed by atoms with Gasteiger partial charge in [0.25, 0.3) is 0 Å². The van der Waals surface area contributed by atoms with Crippen LogP contribution in [0, 0.1) is 5.82 Å². The summed E-state index contributed by atoms with van der Waals surface area (Å²) in [7, 11) is 0. The summed E-state index contributed by atoms with van der Waals surface area (Å²) >= 11 is 1.57. The first-order valence-electron chi connectivity index (χ1n) is 6.29. The van der Waals surface area contributed by atoms with Crippen molar-refractivity contribution < 1.29 is 14.3 Å². The van der Waals surface area contributed by atoms with Gasteiger partial charge in [0.15, 0.2) is 0 Å². The fourth-order valence-corrected chi connectivity index (χ4v) is 2.96. The van der Waals surface area contributed by atoms with Gasteiger partial charge >= 0.3 is 5.97 Å². The van der Waals surface area contributed by atoms with Crippen molar-refractivity contribution in [1.82, 2.24) is 0 Å². The molecule has 3 nitrogen and oxygen atoms in total. The third-order valence-electron chi connectivity index (χ3n) is 3.56. The molecule has 0 aliphatic rings. The smallest absolute Gasteiger partial charge is 0.315 e.